The number of fused-ring (bicyclic) bond motifs is 1. The summed E-state index contributed by atoms with van der Waals surface area (Å²) in [7, 11) is 0. The lowest BCUT2D eigenvalue weighted by Gasteiger charge is -2.23. The Kier molecular flexibility index (Phi) is 5.74. The molecule has 0 unspecified atom stereocenters. The molecule has 0 saturated heterocycles. The number of aliphatic imine (C=N–C) groups is 1. The maximum Gasteiger partial charge on any atom is 0.160 e. The van der Waals surface area contributed by atoms with Crippen LogP contribution in [0.2, 0.25) is 10.0 Å². The van der Waals surface area contributed by atoms with E-state index in [9.17, 15) is 0 Å². The van der Waals surface area contributed by atoms with Crippen LogP contribution < -0.4 is 5.43 Å². The highest BCUT2D eigenvalue weighted by atomic mass is 79.9. The number of nitrogens with zero attached hydrogens (tertiary/aromatic N) is 2. The average molecular weight is 410 g/mol. The van der Waals surface area contributed by atoms with Gasteiger partial charge in [-0.3, -0.25) is 0 Å². The first-order valence-corrected chi connectivity index (χ1v) is 8.33. The Balaban J connectivity index is 0.000000774. The van der Waals surface area contributed by atoms with E-state index in [1.807, 2.05) is 26.0 Å². The van der Waals surface area contributed by atoms with Crippen LogP contribution in [-0.4, -0.2) is 17.3 Å². The van der Waals surface area contributed by atoms with Crippen molar-refractivity contribution in [2.75, 3.05) is 6.54 Å². The zero-order chi connectivity index (χ0) is 15.6. The highest BCUT2D eigenvalue weighted by molar-refractivity contribution is 9.11. The summed E-state index contributed by atoms with van der Waals surface area (Å²) in [6.07, 6.45) is 1.75. The molecule has 0 atom stereocenters. The number of nitrogens with one attached hydrogen (secondary N) is 1. The van der Waals surface area contributed by atoms with Crippen molar-refractivity contribution in [2.45, 2.75) is 13.8 Å². The fourth-order valence-electron chi connectivity index (χ4n) is 1.87. The molecule has 112 valence electrons. The SMILES string of the molecule is CC.ClC1=CC(c2cccc(Cl)c2Cl)=NC2=C(Br)CNN12. The molecule has 2 aliphatic heterocycles. The zero-order valence-electron chi connectivity index (χ0n) is 11.4. The lowest BCUT2D eigenvalue weighted by Crippen LogP contribution is -2.31. The average Bonchev–Trinajstić information content (AvgIpc) is 2.86. The van der Waals surface area contributed by atoms with Gasteiger partial charge in [0.2, 0.25) is 0 Å². The van der Waals surface area contributed by atoms with E-state index in [-0.39, 0.29) is 0 Å². The molecule has 7 heteroatoms. The summed E-state index contributed by atoms with van der Waals surface area (Å²) in [5.41, 5.74) is 4.54. The summed E-state index contributed by atoms with van der Waals surface area (Å²) >= 11 is 21.9. The molecule has 1 N–H and O–H groups in total. The van der Waals surface area contributed by atoms with Crippen molar-refractivity contribution in [3.8, 4) is 0 Å². The molecule has 0 spiro atoms. The molecule has 2 aliphatic rings. The monoisotopic (exact) mass is 407 g/mol. The summed E-state index contributed by atoms with van der Waals surface area (Å²) in [5.74, 6) is 0.735. The van der Waals surface area contributed by atoms with Crippen molar-refractivity contribution in [1.82, 2.24) is 10.4 Å². The third kappa shape index (κ3) is 3.30. The van der Waals surface area contributed by atoms with E-state index in [4.69, 9.17) is 34.8 Å². The quantitative estimate of drug-likeness (QED) is 0.639. The van der Waals surface area contributed by atoms with Crippen molar-refractivity contribution in [1.29, 1.82) is 0 Å². The number of hydrazine groups is 1. The maximum atomic E-state index is 6.23. The van der Waals surface area contributed by atoms with E-state index in [2.05, 4.69) is 26.3 Å². The fraction of sp³-hybridized carbons (Fsp3) is 0.214. The Bertz CT molecular complexity index is 653. The molecular formula is C14H13BrCl3N3. The predicted molar refractivity (Wildman–Crippen MR) is 94.1 cm³/mol. The summed E-state index contributed by atoms with van der Waals surface area (Å²) in [5, 5.41) is 3.21. The van der Waals surface area contributed by atoms with E-state index in [1.54, 1.807) is 17.2 Å². The highest BCUT2D eigenvalue weighted by Crippen LogP contribution is 2.33. The lowest BCUT2D eigenvalue weighted by molar-refractivity contribution is 0.371. The minimum Gasteiger partial charge on any atom is -0.247 e. The second-order valence-electron chi connectivity index (χ2n) is 3.96. The van der Waals surface area contributed by atoms with Crippen LogP contribution in [0.3, 0.4) is 0 Å². The largest absolute Gasteiger partial charge is 0.247 e. The van der Waals surface area contributed by atoms with Gasteiger partial charge in [-0.15, -0.1) is 0 Å². The normalized spacial score (nSPS) is 17.0. The zero-order valence-corrected chi connectivity index (χ0v) is 15.3. The molecule has 1 aromatic rings. The van der Waals surface area contributed by atoms with Crippen molar-refractivity contribution in [3.63, 3.8) is 0 Å². The number of halogens is 4. The van der Waals surface area contributed by atoms with Crippen LogP contribution in [0, 0.1) is 0 Å². The molecule has 0 fully saturated rings. The maximum absolute atomic E-state index is 6.23. The first-order valence-electron chi connectivity index (χ1n) is 6.40. The predicted octanol–water partition coefficient (Wildman–Crippen LogP) is 5.29. The Labute approximate surface area is 147 Å². The third-order valence-corrected chi connectivity index (χ3v) is 4.50. The van der Waals surface area contributed by atoms with Gasteiger partial charge in [0, 0.05) is 11.6 Å². The molecule has 1 aromatic carbocycles. The van der Waals surface area contributed by atoms with Gasteiger partial charge < -0.3 is 0 Å². The van der Waals surface area contributed by atoms with Gasteiger partial charge in [0.05, 0.1) is 26.8 Å². The summed E-state index contributed by atoms with van der Waals surface area (Å²) in [6.45, 7) is 4.65. The van der Waals surface area contributed by atoms with Crippen LogP contribution in [0.1, 0.15) is 19.4 Å². The summed E-state index contributed by atoms with van der Waals surface area (Å²) in [4.78, 5) is 4.56. The molecule has 2 heterocycles. The van der Waals surface area contributed by atoms with Crippen LogP contribution in [0.4, 0.5) is 0 Å². The summed E-state index contributed by atoms with van der Waals surface area (Å²) < 4.78 is 0.939. The van der Waals surface area contributed by atoms with Gasteiger partial charge in [0.1, 0.15) is 5.16 Å². The van der Waals surface area contributed by atoms with E-state index < -0.39 is 0 Å². The fourth-order valence-corrected chi connectivity index (χ4v) is 2.91. The smallest absolute Gasteiger partial charge is 0.160 e. The van der Waals surface area contributed by atoms with E-state index >= 15 is 0 Å². The minimum atomic E-state index is 0.472. The van der Waals surface area contributed by atoms with Crippen molar-refractivity contribution in [2.24, 2.45) is 4.99 Å². The number of hydrogen-bond acceptors (Lipinski definition) is 3. The van der Waals surface area contributed by atoms with Gasteiger partial charge in [0.25, 0.3) is 0 Å². The van der Waals surface area contributed by atoms with Gasteiger partial charge in [-0.25, -0.2) is 15.4 Å². The molecule has 0 radical (unpaired) electrons. The number of benzene rings is 1. The van der Waals surface area contributed by atoms with Crippen LogP contribution in [0.5, 0.6) is 0 Å². The Morgan fingerprint density at radius 1 is 1.24 bits per heavy atom. The van der Waals surface area contributed by atoms with Gasteiger partial charge in [-0.1, -0.05) is 76.7 Å². The molecular weight excluding hydrogens is 396 g/mol. The Morgan fingerprint density at radius 3 is 2.67 bits per heavy atom. The molecule has 0 aliphatic carbocycles. The van der Waals surface area contributed by atoms with Gasteiger partial charge in [-0.05, 0) is 6.07 Å². The second-order valence-corrected chi connectivity index (χ2v) is 6.09. The molecule has 0 aromatic heterocycles. The van der Waals surface area contributed by atoms with Crippen molar-refractivity contribution < 1.29 is 0 Å². The van der Waals surface area contributed by atoms with Gasteiger partial charge in [-0.2, -0.15) is 0 Å². The van der Waals surface area contributed by atoms with Crippen molar-refractivity contribution in [3.05, 3.63) is 55.3 Å². The van der Waals surface area contributed by atoms with E-state index in [0.29, 0.717) is 27.5 Å². The second kappa shape index (κ2) is 7.16. The number of hydrogen-bond donors (Lipinski definition) is 1. The highest BCUT2D eigenvalue weighted by Gasteiger charge is 2.27. The standard InChI is InChI=1S/C12H7BrCl3N3.C2H6/c13-7-5-17-19-10(15)4-9(18-12(7)19)6-2-1-3-8(14)11(6)16;1-2/h1-4,17H,5H2;1-2H3. The first-order chi connectivity index (χ1) is 10.1. The molecule has 3 nitrogen and oxygen atoms in total. The molecule has 21 heavy (non-hydrogen) atoms. The number of rotatable bonds is 1. The van der Waals surface area contributed by atoms with E-state index in [1.165, 1.54) is 0 Å². The van der Waals surface area contributed by atoms with Crippen LogP contribution in [-0.2, 0) is 0 Å². The Hall–Kier alpha value is -0.520. The van der Waals surface area contributed by atoms with Crippen LogP contribution >= 0.6 is 50.7 Å². The van der Waals surface area contributed by atoms with Crippen LogP contribution in [0.15, 0.2) is 44.7 Å². The Morgan fingerprint density at radius 2 is 1.95 bits per heavy atom. The molecule has 3 rings (SSSR count). The van der Waals surface area contributed by atoms with E-state index in [0.717, 1.165) is 15.9 Å². The topological polar surface area (TPSA) is 27.6 Å². The van der Waals surface area contributed by atoms with Crippen LogP contribution in [0.25, 0.3) is 0 Å². The summed E-state index contributed by atoms with van der Waals surface area (Å²) in [6, 6.07) is 5.43. The lowest BCUT2D eigenvalue weighted by atomic mass is 10.1. The van der Waals surface area contributed by atoms with Crippen molar-refractivity contribution >= 4 is 56.4 Å². The molecule has 0 bridgehead atoms. The molecule has 0 saturated carbocycles. The minimum absolute atomic E-state index is 0.472. The van der Waals surface area contributed by atoms with Gasteiger partial charge >= 0.3 is 0 Å². The first kappa shape index (κ1) is 16.8. The number of allylic oxidation sites excluding steroid dienone is 1. The third-order valence-electron chi connectivity index (χ3n) is 2.77. The van der Waals surface area contributed by atoms with Gasteiger partial charge in [0.15, 0.2) is 5.82 Å². The molecule has 0 amide bonds.